The highest BCUT2D eigenvalue weighted by Gasteiger charge is 2.31. The summed E-state index contributed by atoms with van der Waals surface area (Å²) >= 11 is 0. The molecule has 25 heteroatoms. The zero-order valence-electron chi connectivity index (χ0n) is 34.3. The van der Waals surface area contributed by atoms with Crippen LogP contribution in [0.1, 0.15) is 0 Å². The summed E-state index contributed by atoms with van der Waals surface area (Å²) < 4.78 is 6.48. The lowest BCUT2D eigenvalue weighted by Crippen LogP contribution is -2.53. The highest BCUT2D eigenvalue weighted by atomic mass is 16.3. The van der Waals surface area contributed by atoms with Crippen LogP contribution < -0.4 is 131 Å². The lowest BCUT2D eigenvalue weighted by Gasteiger charge is -2.32. The second kappa shape index (κ2) is 15.3. The van der Waals surface area contributed by atoms with Gasteiger partial charge in [0.2, 0.25) is 0 Å². The monoisotopic (exact) mass is 760 g/mol. The van der Waals surface area contributed by atoms with Crippen LogP contribution in [0.4, 0.5) is 0 Å². The zero-order chi connectivity index (χ0) is 47.8. The molecule has 0 spiro atoms. The van der Waals surface area contributed by atoms with Crippen LogP contribution in [-0.4, -0.2) is 188 Å². The molecule has 0 bridgehead atoms. The van der Waals surface area contributed by atoms with E-state index in [0.717, 1.165) is 0 Å². The van der Waals surface area contributed by atoms with Gasteiger partial charge in [0.1, 0.15) is 199 Å². The summed E-state index contributed by atoms with van der Waals surface area (Å²) in [6.45, 7) is 0. The first-order chi connectivity index (χ1) is 30.3. The Morgan fingerprint density at radius 2 is 0.354 bits per heavy atom. The van der Waals surface area contributed by atoms with E-state index < -0.39 is 0 Å². The molecule has 0 aliphatic carbocycles. The molecule has 0 amide bonds. The predicted octanol–water partition coefficient (Wildman–Crippen LogP) is -17.4. The van der Waals surface area contributed by atoms with E-state index in [0.29, 0.717) is 0 Å². The van der Waals surface area contributed by atoms with Crippen LogP contribution in [0.3, 0.4) is 0 Å². The summed E-state index contributed by atoms with van der Waals surface area (Å²) in [5, 5.41) is 0.935. The van der Waals surface area contributed by atoms with Crippen molar-refractivity contribution in [2.24, 2.45) is 0 Å². The Balaban J connectivity index is 1.62. The van der Waals surface area contributed by atoms with Crippen molar-refractivity contribution in [3.05, 3.63) is 0 Å². The number of hydrogen-bond donors (Lipinski definition) is 0. The highest BCUT2D eigenvalue weighted by molar-refractivity contribution is 6.77. The molecule has 1 aromatic heterocycles. The number of hydrogen-bond acceptors (Lipinski definition) is 1. The minimum absolute atomic E-state index is 0.000782. The van der Waals surface area contributed by atoms with Crippen molar-refractivity contribution < 1.29 is 4.42 Å². The smallest absolute Gasteiger partial charge is 0.128 e. The largest absolute Gasteiger partial charge is 0.457 e. The highest BCUT2D eigenvalue weighted by Crippen LogP contribution is 2.41. The van der Waals surface area contributed by atoms with E-state index in [1.54, 1.807) is 0 Å². The Morgan fingerprint density at radius 1 is 0.138 bits per heavy atom. The maximum atomic E-state index is 7.20. The van der Waals surface area contributed by atoms with E-state index in [9.17, 15) is 0 Å². The molecule has 1 nitrogen and oxygen atoms in total. The number of rotatable bonds is 2. The molecule has 0 aliphatic heterocycles. The minimum Gasteiger partial charge on any atom is -0.457 e. The van der Waals surface area contributed by atoms with Gasteiger partial charge in [0.15, 0.2) is 0 Å². The summed E-state index contributed by atoms with van der Waals surface area (Å²) in [6, 6.07) is 0. The van der Waals surface area contributed by atoms with Crippen molar-refractivity contribution in [3.63, 3.8) is 0 Å². The second-order valence-electron chi connectivity index (χ2n) is 15.9. The van der Waals surface area contributed by atoms with E-state index in [1.165, 1.54) is 0 Å². The molecule has 9 aromatic rings. The molecule has 0 unspecified atom stereocenters. The SMILES string of the molecule is [B]c1c([B])c([B])c2c(-c3c4c([B])c([B])c([B])c([B])c4c(-c4c([B])c([B])c5c(oc6c([B])c7c([B])c([B])c([B])c([B])c7c([B])c65)c4[B])c4c([B])c([B])c([B])c([B])c34)c([B])c([B])c([B])c2c1[B]. The molecule has 8 aromatic carbocycles. The molecule has 0 saturated carbocycles. The molecule has 0 fully saturated rings. The maximum absolute atomic E-state index is 7.20. The molecule has 0 N–H and O–H groups in total. The van der Waals surface area contributed by atoms with Gasteiger partial charge < -0.3 is 4.42 Å². The van der Waals surface area contributed by atoms with Gasteiger partial charge in [-0.2, -0.15) is 0 Å². The average molecular weight is 756 g/mol. The van der Waals surface area contributed by atoms with Crippen LogP contribution in [0, 0.1) is 0 Å². The van der Waals surface area contributed by atoms with E-state index in [4.69, 9.17) is 193 Å². The van der Waals surface area contributed by atoms with Crippen LogP contribution in [0.2, 0.25) is 0 Å². The third-order valence-electron chi connectivity index (χ3n) is 12.8. The van der Waals surface area contributed by atoms with Crippen LogP contribution in [0.25, 0.3) is 87.3 Å². The Kier molecular flexibility index (Phi) is 10.9. The predicted molar refractivity (Wildman–Crippen MR) is 304 cm³/mol. The van der Waals surface area contributed by atoms with Gasteiger partial charge in [-0.3, -0.25) is 0 Å². The first kappa shape index (κ1) is 46.3. The fourth-order valence-corrected chi connectivity index (χ4v) is 9.37. The molecule has 9 rings (SSSR count). The quantitative estimate of drug-likeness (QED) is 0.126. The van der Waals surface area contributed by atoms with Gasteiger partial charge in [0.25, 0.3) is 0 Å². The lowest BCUT2D eigenvalue weighted by molar-refractivity contribution is 0.675. The van der Waals surface area contributed by atoms with Crippen molar-refractivity contribution in [2.75, 3.05) is 0 Å². The maximum Gasteiger partial charge on any atom is 0.128 e. The summed E-state index contributed by atoms with van der Waals surface area (Å²) in [5.41, 5.74) is -2.52. The molecule has 48 radical (unpaired) electrons. The van der Waals surface area contributed by atoms with E-state index in [2.05, 4.69) is 0 Å². The summed E-state index contributed by atoms with van der Waals surface area (Å²) in [7, 11) is 161. The van der Waals surface area contributed by atoms with Crippen LogP contribution in [0.5, 0.6) is 0 Å². The molecule has 0 aliphatic rings. The molecule has 0 atom stereocenters. The number of benzene rings is 8. The van der Waals surface area contributed by atoms with Crippen molar-refractivity contribution in [2.45, 2.75) is 0 Å². The molecule has 1 heterocycles. The van der Waals surface area contributed by atoms with Gasteiger partial charge >= 0.3 is 0 Å². The Labute approximate surface area is 408 Å². The van der Waals surface area contributed by atoms with E-state index in [-0.39, 0.29) is 218 Å². The van der Waals surface area contributed by atoms with Crippen LogP contribution >= 0.6 is 0 Å². The summed E-state index contributed by atoms with van der Waals surface area (Å²) in [5.74, 6) is 0. The molecular formula is C40B24O. The molecular weight excluding hydrogens is 756 g/mol. The fourth-order valence-electron chi connectivity index (χ4n) is 9.37. The first-order valence-electron chi connectivity index (χ1n) is 19.1. The van der Waals surface area contributed by atoms with Gasteiger partial charge in [-0.05, 0) is 76.3 Å². The van der Waals surface area contributed by atoms with Gasteiger partial charge in [0, 0.05) is 10.8 Å². The number of furan rings is 1. The van der Waals surface area contributed by atoms with Gasteiger partial charge in [0.05, 0.1) is 0 Å². The zero-order valence-corrected chi connectivity index (χ0v) is 34.3. The van der Waals surface area contributed by atoms with Gasteiger partial charge in [-0.15, -0.1) is 49.2 Å². The molecule has 238 valence electrons. The second-order valence-corrected chi connectivity index (χ2v) is 15.9. The Bertz CT molecular complexity index is 3730. The Hall–Kier alpha value is -3.84. The van der Waals surface area contributed by atoms with Gasteiger partial charge in [-0.1, -0.05) is 71.0 Å². The average Bonchev–Trinajstić information content (AvgIpc) is 3.69. The normalized spacial score (nSPS) is 11.9. The van der Waals surface area contributed by atoms with Crippen molar-refractivity contribution in [1.29, 1.82) is 0 Å². The van der Waals surface area contributed by atoms with Crippen LogP contribution in [-0.2, 0) is 0 Å². The lowest BCUT2D eigenvalue weighted by atomic mass is 9.56. The first-order valence-corrected chi connectivity index (χ1v) is 19.1. The summed E-state index contributed by atoms with van der Waals surface area (Å²) in [4.78, 5) is 0. The number of fused-ring (bicyclic) bond motifs is 7. The third-order valence-corrected chi connectivity index (χ3v) is 12.8. The topological polar surface area (TPSA) is 13.1 Å². The molecule has 0 saturated heterocycles. The van der Waals surface area contributed by atoms with E-state index in [1.807, 2.05) is 0 Å². The van der Waals surface area contributed by atoms with Crippen LogP contribution in [0.15, 0.2) is 4.42 Å². The standard InChI is InChI=1S/C40B24O/c41-15-11-12(26(52)38(64)37(63)25(11)51)29(55)39-13(15)14-27(53)22(48)9(28(54)40(14)65-39)2-6-3(17(43)31(57)33(59)19(6)45)1(4-7(2)20(46)34(60)32(58)18(4)44)5-8-10(23(49)30(56)16(5)42)24(50)36(62)35(61)21(8)47. The van der Waals surface area contributed by atoms with Crippen molar-refractivity contribution in [1.82, 2.24) is 0 Å². The summed E-state index contributed by atoms with van der Waals surface area (Å²) in [6.07, 6.45) is 0. The van der Waals surface area contributed by atoms with Gasteiger partial charge in [-0.25, -0.2) is 0 Å². The van der Waals surface area contributed by atoms with E-state index >= 15 is 0 Å². The van der Waals surface area contributed by atoms with Crippen molar-refractivity contribution >= 4 is 384 Å². The van der Waals surface area contributed by atoms with Crippen molar-refractivity contribution in [3.8, 4) is 22.3 Å². The third kappa shape index (κ3) is 5.75. The fraction of sp³-hybridized carbons (Fsp3) is 0. The molecule has 65 heavy (non-hydrogen) atoms. The Morgan fingerprint density at radius 3 is 0.723 bits per heavy atom. The minimum atomic E-state index is -0.167.